The Balaban J connectivity index is 2.59. The third kappa shape index (κ3) is 0.257. The number of alkyl halides is 1. The summed E-state index contributed by atoms with van der Waals surface area (Å²) in [6.07, 6.45) is 5.28. The first-order valence-electron chi connectivity index (χ1n) is 2.39. The van der Waals surface area contributed by atoms with Crippen molar-refractivity contribution in [2.75, 3.05) is 0 Å². The molecule has 0 heterocycles. The van der Waals surface area contributed by atoms with Crippen molar-refractivity contribution in [2.24, 2.45) is 0 Å². The first-order valence-corrected chi connectivity index (χ1v) is 2.77. The number of hydrogen-bond donors (Lipinski definition) is 0. The van der Waals surface area contributed by atoms with Crippen LogP contribution >= 0.6 is 11.6 Å². The van der Waals surface area contributed by atoms with Crippen molar-refractivity contribution in [3.63, 3.8) is 0 Å². The summed E-state index contributed by atoms with van der Waals surface area (Å²) in [7, 11) is 0. The highest BCUT2D eigenvalue weighted by Gasteiger charge is 2.58. The van der Waals surface area contributed by atoms with Crippen LogP contribution in [0.5, 0.6) is 0 Å². The van der Waals surface area contributed by atoms with Crippen molar-refractivity contribution >= 4 is 17.4 Å². The summed E-state index contributed by atoms with van der Waals surface area (Å²) < 4.78 is 0. The van der Waals surface area contributed by atoms with Crippen LogP contribution in [0.25, 0.3) is 0 Å². The van der Waals surface area contributed by atoms with Crippen LogP contribution in [0.1, 0.15) is 0 Å². The predicted molar refractivity (Wildman–Crippen MR) is 30.8 cm³/mol. The fourth-order valence-corrected chi connectivity index (χ4v) is 1.18. The van der Waals surface area contributed by atoms with Gasteiger partial charge in [-0.25, -0.2) is 0 Å². The van der Waals surface area contributed by atoms with E-state index in [0.717, 1.165) is 5.57 Å². The summed E-state index contributed by atoms with van der Waals surface area (Å²) >= 11 is 5.69. The van der Waals surface area contributed by atoms with E-state index in [9.17, 15) is 4.79 Å². The first kappa shape index (κ1) is 4.33. The lowest BCUT2D eigenvalue weighted by Gasteiger charge is -1.82. The van der Waals surface area contributed by atoms with E-state index in [-0.39, 0.29) is 5.78 Å². The Morgan fingerprint density at radius 3 is 2.62 bits per heavy atom. The van der Waals surface area contributed by atoms with E-state index in [2.05, 4.69) is 0 Å². The number of rotatable bonds is 0. The minimum Gasteiger partial charge on any atom is -0.292 e. The van der Waals surface area contributed by atoms with E-state index < -0.39 is 4.87 Å². The molecule has 2 aliphatic rings. The topological polar surface area (TPSA) is 17.1 Å². The van der Waals surface area contributed by atoms with Gasteiger partial charge in [0.15, 0.2) is 10.7 Å². The van der Waals surface area contributed by atoms with E-state index in [0.29, 0.717) is 0 Å². The molecule has 0 bridgehead atoms. The molecule has 2 aliphatic carbocycles. The Morgan fingerprint density at radius 2 is 2.38 bits per heavy atom. The van der Waals surface area contributed by atoms with Crippen LogP contribution in [0.4, 0.5) is 0 Å². The van der Waals surface area contributed by atoms with E-state index in [4.69, 9.17) is 11.6 Å². The Kier molecular flexibility index (Phi) is 0.495. The average molecular weight is 127 g/mol. The number of halogens is 1. The van der Waals surface area contributed by atoms with Gasteiger partial charge >= 0.3 is 0 Å². The highest BCUT2D eigenvalue weighted by atomic mass is 35.5. The Bertz CT molecular complexity index is 227. The standard InChI is InChI=1S/C6H3ClO/c7-6-3-1-2-4(6)5(6)8/h1-3H. The van der Waals surface area contributed by atoms with Crippen molar-refractivity contribution in [1.29, 1.82) is 0 Å². The minimum atomic E-state index is -0.667. The molecule has 1 fully saturated rings. The molecule has 1 saturated carbocycles. The van der Waals surface area contributed by atoms with Crippen LogP contribution in [0.3, 0.4) is 0 Å². The van der Waals surface area contributed by atoms with Gasteiger partial charge in [-0.1, -0.05) is 18.2 Å². The lowest BCUT2D eigenvalue weighted by Crippen LogP contribution is -1.92. The molecule has 0 aromatic heterocycles. The van der Waals surface area contributed by atoms with Crippen LogP contribution in [0, 0.1) is 0 Å². The maximum absolute atomic E-state index is 10.6. The van der Waals surface area contributed by atoms with Crippen molar-refractivity contribution < 1.29 is 4.79 Å². The van der Waals surface area contributed by atoms with Crippen LogP contribution in [-0.4, -0.2) is 10.7 Å². The van der Waals surface area contributed by atoms with Crippen molar-refractivity contribution in [3.05, 3.63) is 23.8 Å². The molecule has 0 saturated heterocycles. The summed E-state index contributed by atoms with van der Waals surface area (Å²) in [6.45, 7) is 0. The van der Waals surface area contributed by atoms with Gasteiger partial charge in [0.25, 0.3) is 0 Å². The predicted octanol–water partition coefficient (Wildman–Crippen LogP) is 1.04. The number of hydrogen-bond acceptors (Lipinski definition) is 1. The molecule has 8 heavy (non-hydrogen) atoms. The van der Waals surface area contributed by atoms with Gasteiger partial charge in [-0.3, -0.25) is 4.79 Å². The smallest absolute Gasteiger partial charge is 0.190 e. The maximum Gasteiger partial charge on any atom is 0.190 e. The third-order valence-corrected chi connectivity index (χ3v) is 1.99. The number of Topliss-reactive ketones (excluding diaryl/α,β-unsaturated/α-hetero) is 1. The van der Waals surface area contributed by atoms with Crippen LogP contribution in [0.2, 0.25) is 0 Å². The average Bonchev–Trinajstić information content (AvgIpc) is 2.23. The molecular weight excluding hydrogens is 124 g/mol. The zero-order valence-electron chi connectivity index (χ0n) is 4.02. The molecule has 0 N–H and O–H groups in total. The van der Waals surface area contributed by atoms with Crippen molar-refractivity contribution in [3.8, 4) is 0 Å². The Labute approximate surface area is 51.6 Å². The van der Waals surface area contributed by atoms with Gasteiger partial charge in [0.1, 0.15) is 0 Å². The van der Waals surface area contributed by atoms with Gasteiger partial charge in [-0.15, -0.1) is 11.6 Å². The fraction of sp³-hybridized carbons (Fsp3) is 0.167. The molecule has 0 aromatic rings. The molecule has 1 unspecified atom stereocenters. The number of carbonyl (C=O) groups is 1. The lowest BCUT2D eigenvalue weighted by molar-refractivity contribution is -0.109. The molecule has 1 atom stereocenters. The zero-order valence-corrected chi connectivity index (χ0v) is 4.77. The maximum atomic E-state index is 10.6. The van der Waals surface area contributed by atoms with Crippen molar-refractivity contribution in [2.45, 2.75) is 4.87 Å². The molecule has 2 heteroatoms. The largest absolute Gasteiger partial charge is 0.292 e. The lowest BCUT2D eigenvalue weighted by atomic mass is 10.4. The Hall–Kier alpha value is -0.560. The van der Waals surface area contributed by atoms with Crippen LogP contribution in [0.15, 0.2) is 23.8 Å². The Morgan fingerprint density at radius 1 is 1.62 bits per heavy atom. The van der Waals surface area contributed by atoms with Gasteiger partial charge in [0.2, 0.25) is 0 Å². The second-order valence-electron chi connectivity index (χ2n) is 1.98. The van der Waals surface area contributed by atoms with Gasteiger partial charge in [0.05, 0.1) is 0 Å². The van der Waals surface area contributed by atoms with E-state index in [1.54, 1.807) is 12.2 Å². The summed E-state index contributed by atoms with van der Waals surface area (Å²) in [5, 5.41) is 0. The van der Waals surface area contributed by atoms with E-state index in [1.807, 2.05) is 6.08 Å². The van der Waals surface area contributed by atoms with Crippen LogP contribution < -0.4 is 0 Å². The summed E-state index contributed by atoms with van der Waals surface area (Å²) in [6, 6.07) is 0. The molecular formula is C6H3ClO. The monoisotopic (exact) mass is 126 g/mol. The minimum absolute atomic E-state index is 0.0710. The first-order chi connectivity index (χ1) is 3.75. The SMILES string of the molecule is O=C1C2=CC=CC12Cl. The number of carbonyl (C=O) groups excluding carboxylic acids is 1. The highest BCUT2D eigenvalue weighted by molar-refractivity contribution is 6.55. The molecule has 0 spiro atoms. The summed E-state index contributed by atoms with van der Waals surface area (Å²) in [4.78, 5) is 9.90. The molecule has 0 aromatic carbocycles. The normalized spacial score (nSPS) is 39.6. The molecule has 0 aliphatic heterocycles. The van der Waals surface area contributed by atoms with Gasteiger partial charge in [0, 0.05) is 5.57 Å². The van der Waals surface area contributed by atoms with Gasteiger partial charge < -0.3 is 0 Å². The number of ketones is 1. The van der Waals surface area contributed by atoms with Gasteiger partial charge in [-0.2, -0.15) is 0 Å². The van der Waals surface area contributed by atoms with Crippen LogP contribution in [-0.2, 0) is 4.79 Å². The summed E-state index contributed by atoms with van der Waals surface area (Å²) in [5.74, 6) is 0.0710. The number of allylic oxidation sites excluding steroid dienone is 4. The highest BCUT2D eigenvalue weighted by Crippen LogP contribution is 2.48. The molecule has 0 radical (unpaired) electrons. The van der Waals surface area contributed by atoms with E-state index in [1.165, 1.54) is 0 Å². The van der Waals surface area contributed by atoms with E-state index >= 15 is 0 Å². The van der Waals surface area contributed by atoms with Crippen molar-refractivity contribution in [1.82, 2.24) is 0 Å². The second kappa shape index (κ2) is 0.914. The third-order valence-electron chi connectivity index (χ3n) is 1.49. The fourth-order valence-electron chi connectivity index (χ4n) is 0.908. The molecule has 2 rings (SSSR count). The second-order valence-corrected chi connectivity index (χ2v) is 2.58. The molecule has 0 amide bonds. The molecule has 1 nitrogen and oxygen atoms in total. The zero-order chi connectivity index (χ0) is 5.78. The molecule has 40 valence electrons. The quantitative estimate of drug-likeness (QED) is 0.444. The summed E-state index contributed by atoms with van der Waals surface area (Å²) in [5.41, 5.74) is 0.749. The van der Waals surface area contributed by atoms with Gasteiger partial charge in [-0.05, 0) is 0 Å². The number of fused-ring (bicyclic) bond motifs is 1.